The molecule has 2 heterocycles. The van der Waals surface area contributed by atoms with Crippen LogP contribution >= 0.6 is 23.1 Å². The number of thioether (sulfide) groups is 1. The van der Waals surface area contributed by atoms with Gasteiger partial charge in [0.1, 0.15) is 21.9 Å². The Labute approximate surface area is 141 Å². The molecule has 3 aromatic rings. The van der Waals surface area contributed by atoms with Crippen LogP contribution in [0, 0.1) is 18.3 Å². The zero-order valence-corrected chi connectivity index (χ0v) is 13.9. The molecule has 0 bridgehead atoms. The van der Waals surface area contributed by atoms with Gasteiger partial charge in [-0.2, -0.15) is 5.26 Å². The van der Waals surface area contributed by atoms with Crippen LogP contribution in [0.15, 0.2) is 40.7 Å². The molecule has 0 aliphatic heterocycles. The highest BCUT2D eigenvalue weighted by atomic mass is 32.2. The van der Waals surface area contributed by atoms with Crippen LogP contribution in [0.25, 0.3) is 10.9 Å². The average Bonchev–Trinajstić information content (AvgIpc) is 2.99. The molecule has 114 valence electrons. The number of para-hydroxylation sites is 1. The van der Waals surface area contributed by atoms with Crippen molar-refractivity contribution in [3.05, 3.63) is 47.1 Å². The molecule has 0 saturated heterocycles. The first-order chi connectivity index (χ1) is 11.2. The largest absolute Gasteiger partial charge is 0.316 e. The quantitative estimate of drug-likeness (QED) is 0.580. The second-order valence-electron chi connectivity index (χ2n) is 4.71. The smallest absolute Gasteiger partial charge is 0.235 e. The number of fused-ring (bicyclic) bond motifs is 1. The number of rotatable bonds is 4. The fraction of sp³-hybridized carbons (Fsp3) is 0.125. The predicted octanol–water partition coefficient (Wildman–Crippen LogP) is 3.60. The van der Waals surface area contributed by atoms with E-state index in [-0.39, 0.29) is 11.7 Å². The Hall–Kier alpha value is -2.43. The molecule has 0 radical (unpaired) electrons. The number of anilines is 1. The molecule has 0 unspecified atom stereocenters. The van der Waals surface area contributed by atoms with Crippen LogP contribution in [0.1, 0.15) is 11.4 Å². The second-order valence-corrected chi connectivity index (χ2v) is 6.59. The minimum Gasteiger partial charge on any atom is -0.316 e. The first-order valence-corrected chi connectivity index (χ1v) is 8.67. The van der Waals surface area contributed by atoms with Crippen molar-refractivity contribution in [1.82, 2.24) is 9.97 Å². The highest BCUT2D eigenvalue weighted by Gasteiger charge is 2.11. The van der Waals surface area contributed by atoms with Gasteiger partial charge in [-0.05, 0) is 24.4 Å². The van der Waals surface area contributed by atoms with Crippen LogP contribution in [0.2, 0.25) is 0 Å². The number of carbonyl (C=O) groups is 1. The lowest BCUT2D eigenvalue weighted by atomic mass is 10.2. The summed E-state index contributed by atoms with van der Waals surface area (Å²) >= 11 is 2.71. The highest BCUT2D eigenvalue weighted by Crippen LogP contribution is 2.26. The number of aromatic nitrogens is 2. The number of nitriles is 1. The molecular formula is C16H12N4OS2. The van der Waals surface area contributed by atoms with Gasteiger partial charge in [-0.15, -0.1) is 11.3 Å². The number of benzene rings is 1. The van der Waals surface area contributed by atoms with Crippen molar-refractivity contribution in [1.29, 1.82) is 5.26 Å². The zero-order valence-electron chi connectivity index (χ0n) is 12.2. The maximum absolute atomic E-state index is 12.1. The van der Waals surface area contributed by atoms with Gasteiger partial charge in [-0.25, -0.2) is 9.97 Å². The average molecular weight is 340 g/mol. The Morgan fingerprint density at radius 3 is 3.00 bits per heavy atom. The van der Waals surface area contributed by atoms with E-state index in [0.29, 0.717) is 16.4 Å². The number of nitrogens with zero attached hydrogens (tertiary/aromatic N) is 3. The van der Waals surface area contributed by atoms with Gasteiger partial charge < -0.3 is 5.32 Å². The Bertz CT molecular complexity index is 914. The molecule has 0 spiro atoms. The number of carbonyl (C=O) groups excluding carboxylic acids is 1. The lowest BCUT2D eigenvalue weighted by molar-refractivity contribution is -0.113. The van der Waals surface area contributed by atoms with Gasteiger partial charge in [0.25, 0.3) is 0 Å². The molecule has 23 heavy (non-hydrogen) atoms. The molecule has 7 heteroatoms. The molecule has 1 aromatic carbocycles. The summed E-state index contributed by atoms with van der Waals surface area (Å²) in [6.07, 6.45) is 0. The third kappa shape index (κ3) is 3.50. The molecular weight excluding hydrogens is 328 g/mol. The van der Waals surface area contributed by atoms with Gasteiger partial charge in [0.05, 0.1) is 16.8 Å². The van der Waals surface area contributed by atoms with Crippen molar-refractivity contribution >= 4 is 44.9 Å². The van der Waals surface area contributed by atoms with E-state index in [0.717, 1.165) is 15.9 Å². The summed E-state index contributed by atoms with van der Waals surface area (Å²) in [7, 11) is 0. The van der Waals surface area contributed by atoms with Crippen LogP contribution in [0.5, 0.6) is 0 Å². The van der Waals surface area contributed by atoms with Gasteiger partial charge in [-0.3, -0.25) is 4.79 Å². The maximum atomic E-state index is 12.1. The summed E-state index contributed by atoms with van der Waals surface area (Å²) < 4.78 is 0. The van der Waals surface area contributed by atoms with E-state index < -0.39 is 0 Å². The van der Waals surface area contributed by atoms with Gasteiger partial charge in [0, 0.05) is 5.39 Å². The molecule has 0 saturated carbocycles. The van der Waals surface area contributed by atoms with E-state index in [1.54, 1.807) is 11.4 Å². The number of thiophene rings is 1. The van der Waals surface area contributed by atoms with Crippen molar-refractivity contribution in [3.63, 3.8) is 0 Å². The standard InChI is InChI=1S/C16H12N4OS2/c1-10-18-13-5-3-2-4-12(13)16(19-10)23-9-14(21)20-15-11(8-17)6-7-22-15/h2-7H,9H2,1H3,(H,20,21). The van der Waals surface area contributed by atoms with Crippen molar-refractivity contribution in [3.8, 4) is 6.07 Å². The van der Waals surface area contributed by atoms with Crippen LogP contribution in [-0.2, 0) is 4.79 Å². The topological polar surface area (TPSA) is 78.7 Å². The summed E-state index contributed by atoms with van der Waals surface area (Å²) in [5, 5.41) is 15.8. The van der Waals surface area contributed by atoms with Crippen molar-refractivity contribution in [2.45, 2.75) is 11.9 Å². The number of nitrogens with one attached hydrogen (secondary N) is 1. The normalized spacial score (nSPS) is 10.4. The number of hydrogen-bond donors (Lipinski definition) is 1. The maximum Gasteiger partial charge on any atom is 0.235 e. The Balaban J connectivity index is 1.74. The van der Waals surface area contributed by atoms with Crippen molar-refractivity contribution in [2.24, 2.45) is 0 Å². The molecule has 3 rings (SSSR count). The summed E-state index contributed by atoms with van der Waals surface area (Å²) in [6.45, 7) is 1.83. The third-order valence-corrected chi connectivity index (χ3v) is 4.88. The molecule has 0 aliphatic carbocycles. The van der Waals surface area contributed by atoms with Gasteiger partial charge >= 0.3 is 0 Å². The third-order valence-electron chi connectivity index (χ3n) is 3.06. The van der Waals surface area contributed by atoms with E-state index in [1.165, 1.54) is 23.1 Å². The minimum atomic E-state index is -0.158. The summed E-state index contributed by atoms with van der Waals surface area (Å²) in [5.74, 6) is 0.745. The van der Waals surface area contributed by atoms with Gasteiger partial charge in [0.15, 0.2) is 0 Å². The SMILES string of the molecule is Cc1nc(SCC(=O)Nc2sccc2C#N)c2ccccc2n1. The van der Waals surface area contributed by atoms with Crippen LogP contribution in [-0.4, -0.2) is 21.6 Å². The van der Waals surface area contributed by atoms with Gasteiger partial charge in [0.2, 0.25) is 5.91 Å². The monoisotopic (exact) mass is 340 g/mol. The lowest BCUT2D eigenvalue weighted by Gasteiger charge is -2.07. The molecule has 2 aromatic heterocycles. The summed E-state index contributed by atoms with van der Waals surface area (Å²) in [5.41, 5.74) is 1.35. The van der Waals surface area contributed by atoms with Gasteiger partial charge in [-0.1, -0.05) is 30.0 Å². The number of aryl methyl sites for hydroxylation is 1. The first-order valence-electron chi connectivity index (χ1n) is 6.81. The van der Waals surface area contributed by atoms with E-state index in [4.69, 9.17) is 5.26 Å². The molecule has 0 fully saturated rings. The Kier molecular flexibility index (Phi) is 4.55. The van der Waals surface area contributed by atoms with E-state index >= 15 is 0 Å². The minimum absolute atomic E-state index is 0.158. The van der Waals surface area contributed by atoms with Crippen molar-refractivity contribution < 1.29 is 4.79 Å². The number of amides is 1. The summed E-state index contributed by atoms with van der Waals surface area (Å²) in [6, 6.07) is 11.5. The Morgan fingerprint density at radius 1 is 1.35 bits per heavy atom. The molecule has 5 nitrogen and oxygen atoms in total. The summed E-state index contributed by atoms with van der Waals surface area (Å²) in [4.78, 5) is 20.9. The predicted molar refractivity (Wildman–Crippen MR) is 92.7 cm³/mol. The van der Waals surface area contributed by atoms with Crippen LogP contribution in [0.4, 0.5) is 5.00 Å². The zero-order chi connectivity index (χ0) is 16.2. The molecule has 0 atom stereocenters. The van der Waals surface area contributed by atoms with E-state index in [1.807, 2.05) is 31.2 Å². The molecule has 1 N–H and O–H groups in total. The van der Waals surface area contributed by atoms with E-state index in [9.17, 15) is 4.79 Å². The molecule has 0 aliphatic rings. The van der Waals surface area contributed by atoms with Crippen LogP contribution < -0.4 is 5.32 Å². The fourth-order valence-corrected chi connectivity index (χ4v) is 3.68. The Morgan fingerprint density at radius 2 is 2.17 bits per heavy atom. The number of hydrogen-bond acceptors (Lipinski definition) is 6. The fourth-order valence-electron chi connectivity index (χ4n) is 2.06. The van der Waals surface area contributed by atoms with E-state index in [2.05, 4.69) is 21.4 Å². The van der Waals surface area contributed by atoms with Crippen molar-refractivity contribution in [2.75, 3.05) is 11.1 Å². The second kappa shape index (κ2) is 6.77. The molecule has 1 amide bonds. The van der Waals surface area contributed by atoms with Crippen LogP contribution in [0.3, 0.4) is 0 Å². The first kappa shape index (κ1) is 15.5. The highest BCUT2D eigenvalue weighted by molar-refractivity contribution is 8.00. The lowest BCUT2D eigenvalue weighted by Crippen LogP contribution is -2.14.